The predicted molar refractivity (Wildman–Crippen MR) is 47.1 cm³/mol. The highest BCUT2D eigenvalue weighted by Crippen LogP contribution is 1.95. The fraction of sp³-hybridized carbons (Fsp3) is 0.500. The van der Waals surface area contributed by atoms with Gasteiger partial charge in [0.1, 0.15) is 18.9 Å². The van der Waals surface area contributed by atoms with E-state index in [2.05, 4.69) is 0 Å². The molecule has 0 saturated heterocycles. The number of hydrogen-bond acceptors (Lipinski definition) is 4. The summed E-state index contributed by atoms with van der Waals surface area (Å²) in [5.74, 6) is -3.89. The zero-order valence-corrected chi connectivity index (χ0v) is 8.10. The van der Waals surface area contributed by atoms with Crippen LogP contribution in [0.4, 0.5) is 0 Å². The summed E-state index contributed by atoms with van der Waals surface area (Å²) in [5.41, 5.74) is 0. The Morgan fingerprint density at radius 2 is 1.40 bits per heavy atom. The summed E-state index contributed by atoms with van der Waals surface area (Å²) < 4.78 is 0. The summed E-state index contributed by atoms with van der Waals surface area (Å²) in [6, 6.07) is 0. The number of carbonyl (C=O) groups is 4. The number of hydrogen-bond donors (Lipinski definition) is 2. The lowest BCUT2D eigenvalue weighted by Crippen LogP contribution is -2.40. The molecule has 7 heteroatoms. The molecule has 0 aromatic carbocycles. The normalized spacial score (nSPS) is 9.40. The molecule has 0 heterocycles. The summed E-state index contributed by atoms with van der Waals surface area (Å²) in [6.07, 6.45) is -0.486. The van der Waals surface area contributed by atoms with Crippen molar-refractivity contribution in [3.8, 4) is 0 Å². The number of carboxylic acid groups (broad SMARTS) is 2. The third-order valence-corrected chi connectivity index (χ3v) is 1.41. The van der Waals surface area contributed by atoms with Crippen molar-refractivity contribution >= 4 is 23.6 Å². The van der Waals surface area contributed by atoms with Gasteiger partial charge in [0.15, 0.2) is 0 Å². The molecule has 0 fully saturated rings. The molecular weight excluding hydrogens is 206 g/mol. The fourth-order valence-electron chi connectivity index (χ4n) is 0.884. The average molecular weight is 217 g/mol. The number of rotatable bonds is 6. The van der Waals surface area contributed by atoms with E-state index in [9.17, 15) is 19.2 Å². The Kier molecular flexibility index (Phi) is 5.00. The van der Waals surface area contributed by atoms with E-state index in [0.29, 0.717) is 4.90 Å². The van der Waals surface area contributed by atoms with E-state index < -0.39 is 43.1 Å². The van der Waals surface area contributed by atoms with E-state index in [1.165, 1.54) is 0 Å². The van der Waals surface area contributed by atoms with Crippen LogP contribution in [-0.2, 0) is 19.2 Å². The van der Waals surface area contributed by atoms with Crippen molar-refractivity contribution in [2.75, 3.05) is 13.1 Å². The van der Waals surface area contributed by atoms with Crippen LogP contribution in [0.15, 0.2) is 0 Å². The van der Waals surface area contributed by atoms with Gasteiger partial charge in [-0.25, -0.2) is 0 Å². The van der Waals surface area contributed by atoms with Crippen LogP contribution in [0.3, 0.4) is 0 Å². The van der Waals surface area contributed by atoms with Crippen LogP contribution < -0.4 is 0 Å². The van der Waals surface area contributed by atoms with Gasteiger partial charge in [-0.2, -0.15) is 0 Å². The van der Waals surface area contributed by atoms with Gasteiger partial charge >= 0.3 is 11.9 Å². The van der Waals surface area contributed by atoms with Gasteiger partial charge in [0.05, 0.1) is 6.42 Å². The Morgan fingerprint density at radius 1 is 1.00 bits per heavy atom. The van der Waals surface area contributed by atoms with Crippen molar-refractivity contribution in [2.24, 2.45) is 0 Å². The Labute approximate surface area is 85.3 Å². The van der Waals surface area contributed by atoms with Crippen LogP contribution in [0.25, 0.3) is 0 Å². The van der Waals surface area contributed by atoms with E-state index in [4.69, 9.17) is 10.2 Å². The minimum atomic E-state index is -1.33. The molecule has 0 radical (unpaired) electrons. The first-order chi connectivity index (χ1) is 6.82. The predicted octanol–water partition coefficient (Wildman–Crippen LogP) is -1.04. The van der Waals surface area contributed by atoms with Crippen LogP contribution in [0, 0.1) is 0 Å². The zero-order chi connectivity index (χ0) is 12.0. The second-order valence-corrected chi connectivity index (χ2v) is 2.92. The van der Waals surface area contributed by atoms with Crippen molar-refractivity contribution in [2.45, 2.75) is 13.3 Å². The Hall–Kier alpha value is -1.92. The highest BCUT2D eigenvalue weighted by molar-refractivity contribution is 5.98. The van der Waals surface area contributed by atoms with Gasteiger partial charge in [0.25, 0.3) is 0 Å². The van der Waals surface area contributed by atoms with Crippen molar-refractivity contribution < 1.29 is 29.4 Å². The molecule has 0 saturated carbocycles. The molecule has 0 aromatic rings. The summed E-state index contributed by atoms with van der Waals surface area (Å²) in [6.45, 7) is -0.283. The molecule has 0 rings (SSSR count). The monoisotopic (exact) mass is 217 g/mol. The minimum absolute atomic E-state index is 0.444. The van der Waals surface area contributed by atoms with Crippen LogP contribution in [-0.4, -0.2) is 51.8 Å². The highest BCUT2D eigenvalue weighted by Gasteiger charge is 2.20. The van der Waals surface area contributed by atoms with E-state index in [-0.39, 0.29) is 0 Å². The van der Waals surface area contributed by atoms with Crippen molar-refractivity contribution in [3.05, 3.63) is 0 Å². The largest absolute Gasteiger partial charge is 0.480 e. The smallest absolute Gasteiger partial charge is 0.323 e. The molecule has 0 aromatic heterocycles. The summed E-state index contributed by atoms with van der Waals surface area (Å²) in [4.78, 5) is 43.0. The number of ketones is 1. The zero-order valence-electron chi connectivity index (χ0n) is 8.10. The number of amides is 1. The minimum Gasteiger partial charge on any atom is -0.480 e. The quantitative estimate of drug-likeness (QED) is 0.550. The summed E-state index contributed by atoms with van der Waals surface area (Å²) in [5, 5.41) is 16.8. The summed E-state index contributed by atoms with van der Waals surface area (Å²) >= 11 is 0. The van der Waals surface area contributed by atoms with Gasteiger partial charge in [-0.05, 0) is 6.92 Å². The van der Waals surface area contributed by atoms with E-state index in [0.717, 1.165) is 6.92 Å². The molecule has 84 valence electrons. The first-order valence-electron chi connectivity index (χ1n) is 4.03. The summed E-state index contributed by atoms with van der Waals surface area (Å²) in [7, 11) is 0. The van der Waals surface area contributed by atoms with Crippen LogP contribution in [0.2, 0.25) is 0 Å². The number of carbonyl (C=O) groups excluding carboxylic acids is 2. The van der Waals surface area contributed by atoms with Crippen molar-refractivity contribution in [3.63, 3.8) is 0 Å². The van der Waals surface area contributed by atoms with Crippen molar-refractivity contribution in [1.82, 2.24) is 4.90 Å². The molecule has 0 aliphatic heterocycles. The van der Waals surface area contributed by atoms with E-state index in [1.807, 2.05) is 0 Å². The maximum absolute atomic E-state index is 11.2. The Bertz CT molecular complexity index is 282. The molecule has 15 heavy (non-hydrogen) atoms. The van der Waals surface area contributed by atoms with Gasteiger partial charge in [0, 0.05) is 0 Å². The van der Waals surface area contributed by atoms with Gasteiger partial charge in [-0.3, -0.25) is 19.2 Å². The molecule has 0 unspecified atom stereocenters. The lowest BCUT2D eigenvalue weighted by atomic mass is 10.2. The number of aliphatic carboxylic acids is 2. The maximum Gasteiger partial charge on any atom is 0.323 e. The number of Topliss-reactive ketones (excluding diaryl/α,β-unsaturated/α-hetero) is 1. The molecule has 0 atom stereocenters. The molecule has 1 amide bonds. The molecule has 0 aliphatic rings. The molecule has 0 bridgehead atoms. The van der Waals surface area contributed by atoms with Crippen LogP contribution >= 0.6 is 0 Å². The van der Waals surface area contributed by atoms with E-state index >= 15 is 0 Å². The van der Waals surface area contributed by atoms with Gasteiger partial charge in [-0.15, -0.1) is 0 Å². The first kappa shape index (κ1) is 13.1. The number of nitrogens with zero attached hydrogens (tertiary/aromatic N) is 1. The fourth-order valence-corrected chi connectivity index (χ4v) is 0.884. The Balaban J connectivity index is 4.46. The van der Waals surface area contributed by atoms with Crippen molar-refractivity contribution in [1.29, 1.82) is 0 Å². The van der Waals surface area contributed by atoms with E-state index in [1.54, 1.807) is 0 Å². The Morgan fingerprint density at radius 3 is 1.67 bits per heavy atom. The standard InChI is InChI=1S/C8H11NO6/c1-5(10)2-6(11)9(3-7(12)13)4-8(14)15/h2-4H2,1H3,(H,12,13)(H,14,15). The SMILES string of the molecule is CC(=O)CC(=O)N(CC(=O)O)CC(=O)O. The number of carboxylic acids is 2. The maximum atomic E-state index is 11.2. The first-order valence-corrected chi connectivity index (χ1v) is 4.03. The van der Waals surface area contributed by atoms with Gasteiger partial charge in [-0.1, -0.05) is 0 Å². The molecule has 0 spiro atoms. The lowest BCUT2D eigenvalue weighted by Gasteiger charge is -2.17. The molecular formula is C8H11NO6. The molecule has 2 N–H and O–H groups in total. The third-order valence-electron chi connectivity index (χ3n) is 1.41. The van der Waals surface area contributed by atoms with Gasteiger partial charge in [0.2, 0.25) is 5.91 Å². The second-order valence-electron chi connectivity index (χ2n) is 2.92. The molecule has 7 nitrogen and oxygen atoms in total. The van der Waals surface area contributed by atoms with Gasteiger partial charge < -0.3 is 15.1 Å². The second kappa shape index (κ2) is 5.74. The third kappa shape index (κ3) is 6.19. The lowest BCUT2D eigenvalue weighted by molar-refractivity contribution is -0.150. The molecule has 0 aliphatic carbocycles. The topological polar surface area (TPSA) is 112 Å². The van der Waals surface area contributed by atoms with Crippen LogP contribution in [0.1, 0.15) is 13.3 Å². The highest BCUT2D eigenvalue weighted by atomic mass is 16.4. The van der Waals surface area contributed by atoms with Crippen LogP contribution in [0.5, 0.6) is 0 Å². The average Bonchev–Trinajstić information content (AvgIpc) is 1.99.